The van der Waals surface area contributed by atoms with Gasteiger partial charge in [-0.2, -0.15) is 0 Å². The van der Waals surface area contributed by atoms with Crippen molar-refractivity contribution < 1.29 is 9.21 Å². The van der Waals surface area contributed by atoms with E-state index in [0.717, 1.165) is 17.7 Å². The third-order valence-electron chi connectivity index (χ3n) is 4.56. The molecule has 2 heterocycles. The molecule has 0 aliphatic carbocycles. The van der Waals surface area contributed by atoms with Gasteiger partial charge in [0.05, 0.1) is 6.33 Å². The second-order valence-electron chi connectivity index (χ2n) is 6.84. The van der Waals surface area contributed by atoms with Crippen molar-refractivity contribution in [1.29, 1.82) is 0 Å². The summed E-state index contributed by atoms with van der Waals surface area (Å²) in [6.07, 6.45) is 6.14. The third kappa shape index (κ3) is 5.33. The summed E-state index contributed by atoms with van der Waals surface area (Å²) in [5.41, 5.74) is 3.01. The molecule has 0 bridgehead atoms. The number of hydrogen-bond acceptors (Lipinski definition) is 5. The van der Waals surface area contributed by atoms with E-state index in [9.17, 15) is 4.79 Å². The minimum Gasteiger partial charge on any atom is -0.421 e. The lowest BCUT2D eigenvalue weighted by Crippen LogP contribution is -2.23. The van der Waals surface area contributed by atoms with Gasteiger partial charge in [0.15, 0.2) is 0 Å². The largest absolute Gasteiger partial charge is 0.421 e. The van der Waals surface area contributed by atoms with E-state index in [-0.39, 0.29) is 12.3 Å². The zero-order valence-electron chi connectivity index (χ0n) is 16.2. The van der Waals surface area contributed by atoms with Crippen molar-refractivity contribution in [2.24, 2.45) is 0 Å². The fraction of sp³-hybridized carbons (Fsp3) is 0.182. The predicted molar refractivity (Wildman–Crippen MR) is 113 cm³/mol. The summed E-state index contributed by atoms with van der Waals surface area (Å²) in [6, 6.07) is 15.3. The van der Waals surface area contributed by atoms with Gasteiger partial charge in [0.2, 0.25) is 17.7 Å². The molecule has 0 atom stereocenters. The van der Waals surface area contributed by atoms with Crippen LogP contribution in [0.3, 0.4) is 0 Å². The Morgan fingerprint density at radius 1 is 1.03 bits per heavy atom. The number of nitrogens with zero attached hydrogens (tertiary/aromatic N) is 4. The van der Waals surface area contributed by atoms with E-state index in [1.54, 1.807) is 24.7 Å². The molecule has 4 aromatic rings. The van der Waals surface area contributed by atoms with Crippen LogP contribution >= 0.6 is 11.6 Å². The first-order valence-electron chi connectivity index (χ1n) is 9.54. The van der Waals surface area contributed by atoms with Gasteiger partial charge in [-0.25, -0.2) is 4.98 Å². The van der Waals surface area contributed by atoms with Crippen LogP contribution in [0.5, 0.6) is 0 Å². The highest BCUT2D eigenvalue weighted by atomic mass is 35.5. The molecule has 0 saturated heterocycles. The molecule has 4 rings (SSSR count). The van der Waals surface area contributed by atoms with Gasteiger partial charge in [0.25, 0.3) is 0 Å². The number of aromatic nitrogens is 4. The maximum Gasteiger partial charge on any atom is 0.247 e. The van der Waals surface area contributed by atoms with Crippen LogP contribution < -0.4 is 5.32 Å². The first kappa shape index (κ1) is 19.8. The summed E-state index contributed by atoms with van der Waals surface area (Å²) in [6.45, 7) is 1.25. The lowest BCUT2D eigenvalue weighted by Gasteiger charge is -2.07. The summed E-state index contributed by atoms with van der Waals surface area (Å²) in [5, 5.41) is 11.6. The number of imidazole rings is 1. The van der Waals surface area contributed by atoms with Crippen molar-refractivity contribution in [3.63, 3.8) is 0 Å². The van der Waals surface area contributed by atoms with Crippen LogP contribution in [0, 0.1) is 0 Å². The smallest absolute Gasteiger partial charge is 0.247 e. The molecule has 0 fully saturated rings. The van der Waals surface area contributed by atoms with E-state index in [0.29, 0.717) is 29.8 Å². The van der Waals surface area contributed by atoms with Crippen LogP contribution in [0.15, 0.2) is 71.7 Å². The number of halogens is 1. The summed E-state index contributed by atoms with van der Waals surface area (Å²) >= 11 is 5.88. The number of aryl methyl sites for hydroxylation is 1. The molecular formula is C22H20ClN5O2. The van der Waals surface area contributed by atoms with E-state index in [4.69, 9.17) is 16.0 Å². The molecule has 0 saturated carbocycles. The zero-order valence-corrected chi connectivity index (χ0v) is 16.9. The van der Waals surface area contributed by atoms with Crippen LogP contribution in [0.2, 0.25) is 5.02 Å². The summed E-state index contributed by atoms with van der Waals surface area (Å²) in [5.74, 6) is 0.778. The number of rotatable bonds is 8. The zero-order chi connectivity index (χ0) is 20.8. The Balaban J connectivity index is 1.23. The highest BCUT2D eigenvalue weighted by molar-refractivity contribution is 6.30. The minimum absolute atomic E-state index is 0.0660. The number of amides is 1. The summed E-state index contributed by atoms with van der Waals surface area (Å²) in [7, 11) is 0. The second kappa shape index (κ2) is 9.37. The first-order valence-corrected chi connectivity index (χ1v) is 9.92. The van der Waals surface area contributed by atoms with Crippen LogP contribution in [0.1, 0.15) is 23.4 Å². The average Bonchev–Trinajstić information content (AvgIpc) is 3.44. The molecule has 1 N–H and O–H groups in total. The maximum absolute atomic E-state index is 12.2. The Labute approximate surface area is 178 Å². The summed E-state index contributed by atoms with van der Waals surface area (Å²) in [4.78, 5) is 16.2. The molecule has 0 unspecified atom stereocenters. The highest BCUT2D eigenvalue weighted by Gasteiger charge is 2.10. The number of hydrogen-bond donors (Lipinski definition) is 1. The van der Waals surface area contributed by atoms with Crippen LogP contribution in [-0.2, 0) is 24.3 Å². The van der Waals surface area contributed by atoms with Crippen LogP contribution in [0.25, 0.3) is 11.5 Å². The van der Waals surface area contributed by atoms with Crippen molar-refractivity contribution in [3.05, 3.63) is 89.3 Å². The molecule has 0 aliphatic heterocycles. The average molecular weight is 422 g/mol. The molecule has 7 nitrogen and oxygen atoms in total. The van der Waals surface area contributed by atoms with Crippen LogP contribution in [0.4, 0.5) is 0 Å². The highest BCUT2D eigenvalue weighted by Crippen LogP contribution is 2.20. The molecule has 0 aliphatic rings. The molecular weight excluding hydrogens is 402 g/mol. The Kier molecular flexibility index (Phi) is 6.20. The lowest BCUT2D eigenvalue weighted by atomic mass is 10.1. The third-order valence-corrected chi connectivity index (χ3v) is 4.81. The first-order chi connectivity index (χ1) is 14.7. The quantitative estimate of drug-likeness (QED) is 0.466. The molecule has 0 spiro atoms. The molecule has 1 amide bonds. The number of carbonyl (C=O) groups is 1. The monoisotopic (exact) mass is 421 g/mol. The van der Waals surface area contributed by atoms with Gasteiger partial charge < -0.3 is 14.3 Å². The molecule has 2 aromatic carbocycles. The van der Waals surface area contributed by atoms with E-state index in [1.165, 1.54) is 5.56 Å². The standard InChI is InChI=1S/C22H20ClN5O2/c23-19-7-5-18(6-8-19)22-27-26-21(30-22)10-9-20(29)25-13-16-1-3-17(4-2-16)14-28-12-11-24-15-28/h1-8,11-12,15H,9-10,13-14H2,(H,25,29). The normalized spacial score (nSPS) is 10.8. The molecule has 0 radical (unpaired) electrons. The van der Waals surface area contributed by atoms with E-state index in [2.05, 4.69) is 32.6 Å². The number of nitrogens with one attached hydrogen (secondary N) is 1. The van der Waals surface area contributed by atoms with Crippen molar-refractivity contribution >= 4 is 17.5 Å². The van der Waals surface area contributed by atoms with E-state index >= 15 is 0 Å². The molecule has 2 aromatic heterocycles. The topological polar surface area (TPSA) is 85.8 Å². The summed E-state index contributed by atoms with van der Waals surface area (Å²) < 4.78 is 7.63. The van der Waals surface area contributed by atoms with Gasteiger partial charge in [0, 0.05) is 48.9 Å². The van der Waals surface area contributed by atoms with Crippen molar-refractivity contribution in [2.75, 3.05) is 0 Å². The van der Waals surface area contributed by atoms with Gasteiger partial charge in [-0.15, -0.1) is 10.2 Å². The second-order valence-corrected chi connectivity index (χ2v) is 7.27. The maximum atomic E-state index is 12.2. The van der Waals surface area contributed by atoms with Gasteiger partial charge >= 0.3 is 0 Å². The van der Waals surface area contributed by atoms with Crippen molar-refractivity contribution in [3.8, 4) is 11.5 Å². The van der Waals surface area contributed by atoms with Gasteiger partial charge in [-0.05, 0) is 35.4 Å². The molecule has 30 heavy (non-hydrogen) atoms. The van der Waals surface area contributed by atoms with Gasteiger partial charge in [-0.1, -0.05) is 35.9 Å². The van der Waals surface area contributed by atoms with E-state index in [1.807, 2.05) is 35.0 Å². The number of carbonyl (C=O) groups excluding carboxylic acids is 1. The SMILES string of the molecule is O=C(CCc1nnc(-c2ccc(Cl)cc2)o1)NCc1ccc(Cn2ccnc2)cc1. The lowest BCUT2D eigenvalue weighted by molar-refractivity contribution is -0.121. The van der Waals surface area contributed by atoms with Crippen LogP contribution in [-0.4, -0.2) is 25.7 Å². The predicted octanol–water partition coefficient (Wildman–Crippen LogP) is 3.88. The van der Waals surface area contributed by atoms with E-state index < -0.39 is 0 Å². The van der Waals surface area contributed by atoms with Gasteiger partial charge in [0.1, 0.15) is 0 Å². The van der Waals surface area contributed by atoms with Crippen molar-refractivity contribution in [1.82, 2.24) is 25.1 Å². The van der Waals surface area contributed by atoms with Gasteiger partial charge in [-0.3, -0.25) is 4.79 Å². The Morgan fingerprint density at radius 3 is 2.53 bits per heavy atom. The molecule has 8 heteroatoms. The molecule has 152 valence electrons. The Morgan fingerprint density at radius 2 is 1.80 bits per heavy atom. The van der Waals surface area contributed by atoms with Crippen molar-refractivity contribution in [2.45, 2.75) is 25.9 Å². The fourth-order valence-corrected chi connectivity index (χ4v) is 3.05. The number of benzene rings is 2. The fourth-order valence-electron chi connectivity index (χ4n) is 2.93. The Hall–Kier alpha value is -3.45. The Bertz CT molecular complexity index is 1090. The minimum atomic E-state index is -0.0660.